The van der Waals surface area contributed by atoms with E-state index in [4.69, 9.17) is 16.3 Å². The lowest BCUT2D eigenvalue weighted by molar-refractivity contribution is -0.124. The average molecular weight is 392 g/mol. The molecule has 2 aromatic carbocycles. The molecule has 0 bridgehead atoms. The van der Waals surface area contributed by atoms with Crippen LogP contribution in [0.3, 0.4) is 0 Å². The van der Waals surface area contributed by atoms with E-state index in [0.717, 1.165) is 16.9 Å². The smallest absolute Gasteiger partial charge is 0.348 e. The Morgan fingerprint density at radius 2 is 1.92 bits per heavy atom. The van der Waals surface area contributed by atoms with Crippen molar-refractivity contribution in [3.63, 3.8) is 0 Å². The van der Waals surface area contributed by atoms with Crippen molar-refractivity contribution < 1.29 is 18.7 Å². The molecule has 0 radical (unpaired) electrons. The highest BCUT2D eigenvalue weighted by Crippen LogP contribution is 2.28. The number of benzene rings is 2. The fourth-order valence-corrected chi connectivity index (χ4v) is 3.47. The summed E-state index contributed by atoms with van der Waals surface area (Å²) in [6, 6.07) is 13.4. The van der Waals surface area contributed by atoms with Crippen molar-refractivity contribution in [1.82, 2.24) is 5.32 Å². The molecule has 26 heavy (non-hydrogen) atoms. The third-order valence-corrected chi connectivity index (χ3v) is 5.03. The van der Waals surface area contributed by atoms with E-state index in [1.165, 1.54) is 12.1 Å². The van der Waals surface area contributed by atoms with Crippen molar-refractivity contribution in [2.75, 3.05) is 13.2 Å². The fourth-order valence-electron chi connectivity index (χ4n) is 2.38. The van der Waals surface area contributed by atoms with Crippen LogP contribution in [0.5, 0.6) is 0 Å². The maximum Gasteiger partial charge on any atom is 0.348 e. The standard InChI is InChI=1S/C19H15ClFNO3S/c20-13-6-4-12(5-7-13)8-9-22-18(23)11-25-19(24)17-10-14-15(21)2-1-3-16(14)26-17/h1-7,10H,8-9,11H2,(H,22,23). The van der Waals surface area contributed by atoms with Gasteiger partial charge in [0.15, 0.2) is 6.61 Å². The number of esters is 1. The molecule has 0 saturated heterocycles. The van der Waals surface area contributed by atoms with Crippen molar-refractivity contribution in [2.45, 2.75) is 6.42 Å². The highest BCUT2D eigenvalue weighted by atomic mass is 35.5. The predicted octanol–water partition coefficient (Wildman–Crippen LogP) is 4.21. The van der Waals surface area contributed by atoms with E-state index in [2.05, 4.69) is 5.32 Å². The number of fused-ring (bicyclic) bond motifs is 1. The lowest BCUT2D eigenvalue weighted by atomic mass is 10.1. The molecule has 0 aliphatic heterocycles. The molecule has 0 unspecified atom stereocenters. The molecule has 7 heteroatoms. The molecular formula is C19H15ClFNO3S. The van der Waals surface area contributed by atoms with Gasteiger partial charge < -0.3 is 10.1 Å². The lowest BCUT2D eigenvalue weighted by Crippen LogP contribution is -2.30. The molecule has 0 fully saturated rings. The molecule has 1 aromatic heterocycles. The lowest BCUT2D eigenvalue weighted by Gasteiger charge is -2.06. The van der Waals surface area contributed by atoms with Crippen LogP contribution in [0.1, 0.15) is 15.2 Å². The van der Waals surface area contributed by atoms with Gasteiger partial charge in [0.05, 0.1) is 0 Å². The number of hydrogen-bond donors (Lipinski definition) is 1. The van der Waals surface area contributed by atoms with Crippen LogP contribution in [0.15, 0.2) is 48.5 Å². The first-order valence-corrected chi connectivity index (χ1v) is 9.09. The molecule has 3 aromatic rings. The van der Waals surface area contributed by atoms with Crippen LogP contribution in [-0.4, -0.2) is 25.0 Å². The molecule has 134 valence electrons. The van der Waals surface area contributed by atoms with Crippen molar-refractivity contribution in [2.24, 2.45) is 0 Å². The number of carbonyl (C=O) groups excluding carboxylic acids is 2. The molecular weight excluding hydrogens is 377 g/mol. The Kier molecular flexibility index (Phi) is 5.85. The molecule has 0 spiro atoms. The summed E-state index contributed by atoms with van der Waals surface area (Å²) in [5.41, 5.74) is 1.04. The van der Waals surface area contributed by atoms with Gasteiger partial charge in [-0.15, -0.1) is 11.3 Å². The van der Waals surface area contributed by atoms with Gasteiger partial charge in [-0.1, -0.05) is 29.8 Å². The number of ether oxygens (including phenoxy) is 1. The van der Waals surface area contributed by atoms with Crippen LogP contribution >= 0.6 is 22.9 Å². The number of thiophene rings is 1. The molecule has 0 atom stereocenters. The van der Waals surface area contributed by atoms with Crippen LogP contribution in [0.2, 0.25) is 5.02 Å². The van der Waals surface area contributed by atoms with E-state index in [9.17, 15) is 14.0 Å². The third kappa shape index (κ3) is 4.59. The van der Waals surface area contributed by atoms with Gasteiger partial charge in [0, 0.05) is 21.7 Å². The number of amides is 1. The third-order valence-electron chi connectivity index (χ3n) is 3.69. The van der Waals surface area contributed by atoms with E-state index in [-0.39, 0.29) is 17.4 Å². The first kappa shape index (κ1) is 18.4. The average Bonchev–Trinajstić information content (AvgIpc) is 3.07. The number of rotatable bonds is 6. The topological polar surface area (TPSA) is 55.4 Å². The Bertz CT molecular complexity index is 940. The number of carbonyl (C=O) groups is 2. The number of nitrogens with one attached hydrogen (secondary N) is 1. The zero-order chi connectivity index (χ0) is 18.5. The van der Waals surface area contributed by atoms with Crippen LogP contribution < -0.4 is 5.32 Å². The first-order valence-electron chi connectivity index (χ1n) is 7.89. The summed E-state index contributed by atoms with van der Waals surface area (Å²) in [6.07, 6.45) is 0.645. The maximum atomic E-state index is 13.7. The number of hydrogen-bond acceptors (Lipinski definition) is 4. The molecule has 3 rings (SSSR count). The minimum atomic E-state index is -0.640. The predicted molar refractivity (Wildman–Crippen MR) is 100 cm³/mol. The Morgan fingerprint density at radius 1 is 1.15 bits per heavy atom. The highest BCUT2D eigenvalue weighted by Gasteiger charge is 2.15. The summed E-state index contributed by atoms with van der Waals surface area (Å²) in [6.45, 7) is 0.0439. The van der Waals surface area contributed by atoms with E-state index in [0.29, 0.717) is 28.1 Å². The Labute approximate surface area is 158 Å². The van der Waals surface area contributed by atoms with Gasteiger partial charge in [-0.2, -0.15) is 0 Å². The zero-order valence-corrected chi connectivity index (χ0v) is 15.2. The van der Waals surface area contributed by atoms with E-state index >= 15 is 0 Å². The molecule has 1 N–H and O–H groups in total. The van der Waals surface area contributed by atoms with Crippen LogP contribution in [-0.2, 0) is 16.0 Å². The minimum absolute atomic E-state index is 0.263. The van der Waals surface area contributed by atoms with Gasteiger partial charge in [0.2, 0.25) is 0 Å². The van der Waals surface area contributed by atoms with Gasteiger partial charge in [0.25, 0.3) is 5.91 Å². The maximum absolute atomic E-state index is 13.7. The van der Waals surface area contributed by atoms with Crippen LogP contribution in [0.4, 0.5) is 4.39 Å². The van der Waals surface area contributed by atoms with Crippen LogP contribution in [0, 0.1) is 5.82 Å². The molecule has 4 nitrogen and oxygen atoms in total. The fraction of sp³-hybridized carbons (Fsp3) is 0.158. The van der Waals surface area contributed by atoms with E-state index in [1.807, 2.05) is 12.1 Å². The summed E-state index contributed by atoms with van der Waals surface area (Å²) >= 11 is 6.94. The van der Waals surface area contributed by atoms with E-state index < -0.39 is 11.8 Å². The molecule has 0 saturated carbocycles. The second-order valence-corrected chi connectivity index (χ2v) is 7.09. The largest absolute Gasteiger partial charge is 0.451 e. The Morgan fingerprint density at radius 3 is 2.65 bits per heavy atom. The molecule has 0 aliphatic rings. The van der Waals surface area contributed by atoms with Crippen molar-refractivity contribution in [3.05, 3.63) is 69.8 Å². The Hall–Kier alpha value is -2.44. The van der Waals surface area contributed by atoms with E-state index in [1.54, 1.807) is 24.3 Å². The summed E-state index contributed by atoms with van der Waals surface area (Å²) in [5, 5.41) is 3.71. The van der Waals surface area contributed by atoms with Gasteiger partial charge in [-0.25, -0.2) is 9.18 Å². The van der Waals surface area contributed by atoms with Gasteiger partial charge in [-0.3, -0.25) is 4.79 Å². The highest BCUT2D eigenvalue weighted by molar-refractivity contribution is 7.20. The first-order chi connectivity index (χ1) is 12.5. The zero-order valence-electron chi connectivity index (χ0n) is 13.6. The van der Waals surface area contributed by atoms with Gasteiger partial charge in [-0.05, 0) is 42.3 Å². The second-order valence-electron chi connectivity index (χ2n) is 5.56. The summed E-state index contributed by atoms with van der Waals surface area (Å²) in [5.74, 6) is -1.42. The molecule has 0 aliphatic carbocycles. The SMILES string of the molecule is O=C(COC(=O)c1cc2c(F)cccc2s1)NCCc1ccc(Cl)cc1. The second kappa shape index (κ2) is 8.29. The van der Waals surface area contributed by atoms with Crippen molar-refractivity contribution in [3.8, 4) is 0 Å². The molecule has 1 amide bonds. The summed E-state index contributed by atoms with van der Waals surface area (Å²) < 4.78 is 19.3. The van der Waals surface area contributed by atoms with Gasteiger partial charge >= 0.3 is 5.97 Å². The normalized spacial score (nSPS) is 10.7. The van der Waals surface area contributed by atoms with Crippen molar-refractivity contribution >= 4 is 44.9 Å². The summed E-state index contributed by atoms with van der Waals surface area (Å²) in [7, 11) is 0. The monoisotopic (exact) mass is 391 g/mol. The Balaban J connectivity index is 1.46. The van der Waals surface area contributed by atoms with Gasteiger partial charge in [0.1, 0.15) is 10.7 Å². The summed E-state index contributed by atoms with van der Waals surface area (Å²) in [4.78, 5) is 24.1. The van der Waals surface area contributed by atoms with Crippen molar-refractivity contribution in [1.29, 1.82) is 0 Å². The molecule has 1 heterocycles. The number of halogens is 2. The quantitative estimate of drug-likeness (QED) is 0.640. The minimum Gasteiger partial charge on any atom is -0.451 e. The van der Waals surface area contributed by atoms with Crippen LogP contribution in [0.25, 0.3) is 10.1 Å².